The van der Waals surface area contributed by atoms with Gasteiger partial charge in [0.15, 0.2) is 0 Å². The van der Waals surface area contributed by atoms with E-state index >= 15 is 0 Å². The molecule has 0 radical (unpaired) electrons. The number of pyridine rings is 2. The highest BCUT2D eigenvalue weighted by molar-refractivity contribution is 5.98. The molecular formula is C18H22FN5O2. The molecule has 2 aromatic rings. The van der Waals surface area contributed by atoms with Crippen LogP contribution in [0.5, 0.6) is 0 Å². The summed E-state index contributed by atoms with van der Waals surface area (Å²) in [4.78, 5) is 22.8. The summed E-state index contributed by atoms with van der Waals surface area (Å²) in [6.45, 7) is 1.01. The third kappa shape index (κ3) is 3.16. The molecule has 2 fully saturated rings. The third-order valence-corrected chi connectivity index (χ3v) is 5.17. The molecule has 1 saturated heterocycles. The Morgan fingerprint density at radius 1 is 1.46 bits per heavy atom. The van der Waals surface area contributed by atoms with Crippen LogP contribution in [0, 0.1) is 5.92 Å². The largest absolute Gasteiger partial charge is 0.396 e. The van der Waals surface area contributed by atoms with Crippen LogP contribution in [0.1, 0.15) is 25.7 Å². The molecule has 0 bridgehead atoms. The fraction of sp³-hybridized carbons (Fsp3) is 0.500. The number of anilines is 3. The SMILES string of the molecule is Nc1nc(N2CCCC2CCO)cc2cc(NC(=O)C3CC3F)ncc12. The number of nitrogens with two attached hydrogens (primary N) is 1. The van der Waals surface area contributed by atoms with Gasteiger partial charge >= 0.3 is 0 Å². The zero-order valence-corrected chi connectivity index (χ0v) is 14.4. The number of aliphatic hydroxyl groups excluding tert-OH is 1. The van der Waals surface area contributed by atoms with Gasteiger partial charge in [0.25, 0.3) is 0 Å². The molecular weight excluding hydrogens is 337 g/mol. The summed E-state index contributed by atoms with van der Waals surface area (Å²) in [7, 11) is 0. The number of hydrogen-bond acceptors (Lipinski definition) is 6. The normalized spacial score (nSPS) is 24.8. The van der Waals surface area contributed by atoms with Crippen molar-refractivity contribution in [2.75, 3.05) is 29.1 Å². The van der Waals surface area contributed by atoms with Crippen LogP contribution in [0.4, 0.5) is 21.8 Å². The van der Waals surface area contributed by atoms with Crippen LogP contribution in [0.3, 0.4) is 0 Å². The summed E-state index contributed by atoms with van der Waals surface area (Å²) in [5.41, 5.74) is 6.11. The lowest BCUT2D eigenvalue weighted by atomic mass is 10.1. The first kappa shape index (κ1) is 17.0. The fourth-order valence-electron chi connectivity index (χ4n) is 3.62. The molecule has 2 aliphatic rings. The summed E-state index contributed by atoms with van der Waals surface area (Å²) >= 11 is 0. The molecule has 2 aromatic heterocycles. The van der Waals surface area contributed by atoms with E-state index < -0.39 is 12.1 Å². The van der Waals surface area contributed by atoms with Crippen molar-refractivity contribution in [3.8, 4) is 0 Å². The van der Waals surface area contributed by atoms with Crippen LogP contribution in [0.2, 0.25) is 0 Å². The van der Waals surface area contributed by atoms with E-state index in [1.807, 2.05) is 6.07 Å². The maximum atomic E-state index is 13.0. The minimum atomic E-state index is -1.04. The molecule has 4 N–H and O–H groups in total. The van der Waals surface area contributed by atoms with Gasteiger partial charge in [-0.15, -0.1) is 0 Å². The van der Waals surface area contributed by atoms with Crippen molar-refractivity contribution in [2.45, 2.75) is 37.9 Å². The quantitative estimate of drug-likeness (QED) is 0.753. The van der Waals surface area contributed by atoms with Crippen molar-refractivity contribution in [3.63, 3.8) is 0 Å². The molecule has 1 saturated carbocycles. The van der Waals surface area contributed by atoms with E-state index in [0.29, 0.717) is 23.4 Å². The number of carbonyl (C=O) groups is 1. The number of carbonyl (C=O) groups excluding carboxylic acids is 1. The van der Waals surface area contributed by atoms with E-state index in [4.69, 9.17) is 5.73 Å². The van der Waals surface area contributed by atoms with E-state index in [1.54, 1.807) is 12.3 Å². The molecule has 3 atom stereocenters. The summed E-state index contributed by atoms with van der Waals surface area (Å²) < 4.78 is 13.0. The number of nitrogens with zero attached hydrogens (tertiary/aromatic N) is 3. The van der Waals surface area contributed by atoms with Gasteiger partial charge in [0.2, 0.25) is 5.91 Å². The molecule has 1 aliphatic carbocycles. The summed E-state index contributed by atoms with van der Waals surface area (Å²) in [6.07, 6.45) is 3.58. The van der Waals surface area contributed by atoms with Crippen LogP contribution in [0.25, 0.3) is 10.8 Å². The lowest BCUT2D eigenvalue weighted by Gasteiger charge is -2.25. The predicted molar refractivity (Wildman–Crippen MR) is 97.7 cm³/mol. The van der Waals surface area contributed by atoms with Crippen LogP contribution >= 0.6 is 0 Å². The second-order valence-corrected chi connectivity index (χ2v) is 7.01. The number of nitrogens with one attached hydrogen (secondary N) is 1. The Bertz CT molecular complexity index is 846. The van der Waals surface area contributed by atoms with Gasteiger partial charge < -0.3 is 21.1 Å². The average Bonchev–Trinajstić information content (AvgIpc) is 3.16. The second-order valence-electron chi connectivity index (χ2n) is 7.01. The van der Waals surface area contributed by atoms with E-state index in [2.05, 4.69) is 20.2 Å². The molecule has 0 aromatic carbocycles. The number of hydrogen-bond donors (Lipinski definition) is 3. The van der Waals surface area contributed by atoms with Crippen molar-refractivity contribution in [1.29, 1.82) is 0 Å². The molecule has 3 unspecified atom stereocenters. The van der Waals surface area contributed by atoms with Crippen LogP contribution in [-0.4, -0.2) is 46.3 Å². The maximum Gasteiger partial charge on any atom is 0.231 e. The Morgan fingerprint density at radius 3 is 3.00 bits per heavy atom. The van der Waals surface area contributed by atoms with E-state index in [1.165, 1.54) is 0 Å². The van der Waals surface area contributed by atoms with Crippen molar-refractivity contribution in [2.24, 2.45) is 5.92 Å². The number of alkyl halides is 1. The third-order valence-electron chi connectivity index (χ3n) is 5.17. The first-order valence-electron chi connectivity index (χ1n) is 8.95. The van der Waals surface area contributed by atoms with E-state index in [0.717, 1.165) is 30.6 Å². The molecule has 138 valence electrons. The second kappa shape index (κ2) is 6.68. The van der Waals surface area contributed by atoms with Crippen LogP contribution < -0.4 is 16.0 Å². The first-order chi connectivity index (χ1) is 12.6. The van der Waals surface area contributed by atoms with Gasteiger partial charge in [-0.05, 0) is 43.2 Å². The maximum absolute atomic E-state index is 13.0. The predicted octanol–water partition coefficient (Wildman–Crippen LogP) is 1.86. The van der Waals surface area contributed by atoms with Gasteiger partial charge in [0, 0.05) is 30.8 Å². The Balaban J connectivity index is 1.62. The molecule has 0 spiro atoms. The number of fused-ring (bicyclic) bond motifs is 1. The lowest BCUT2D eigenvalue weighted by Crippen LogP contribution is -2.30. The zero-order valence-electron chi connectivity index (χ0n) is 14.4. The summed E-state index contributed by atoms with van der Waals surface area (Å²) in [6, 6.07) is 3.91. The van der Waals surface area contributed by atoms with Crippen molar-refractivity contribution >= 4 is 34.1 Å². The van der Waals surface area contributed by atoms with Gasteiger partial charge in [-0.3, -0.25) is 4.79 Å². The Kier molecular flexibility index (Phi) is 4.36. The lowest BCUT2D eigenvalue weighted by molar-refractivity contribution is -0.117. The van der Waals surface area contributed by atoms with Crippen molar-refractivity contribution in [3.05, 3.63) is 18.3 Å². The first-order valence-corrected chi connectivity index (χ1v) is 8.95. The summed E-state index contributed by atoms with van der Waals surface area (Å²) in [5.74, 6) is 0.624. The molecule has 26 heavy (non-hydrogen) atoms. The molecule has 7 nitrogen and oxygen atoms in total. The van der Waals surface area contributed by atoms with Crippen LogP contribution in [0.15, 0.2) is 18.3 Å². The summed E-state index contributed by atoms with van der Waals surface area (Å²) in [5, 5.41) is 13.5. The standard InChI is InChI=1S/C18H22FN5O2/c19-14-8-12(14)18(26)22-15-6-10-7-16(23-17(20)13(10)9-21-15)24-4-1-2-11(24)3-5-25/h6-7,9,11-12,14,25H,1-5,8H2,(H2,20,23)(H,21,22,26). The molecule has 3 heterocycles. The van der Waals surface area contributed by atoms with Gasteiger partial charge in [-0.25, -0.2) is 14.4 Å². The molecule has 1 amide bonds. The Labute approximate surface area is 150 Å². The van der Waals surface area contributed by atoms with Crippen molar-refractivity contribution in [1.82, 2.24) is 9.97 Å². The highest BCUT2D eigenvalue weighted by Crippen LogP contribution is 2.35. The van der Waals surface area contributed by atoms with E-state index in [-0.39, 0.29) is 25.0 Å². The van der Waals surface area contributed by atoms with Gasteiger partial charge in [0.05, 0.1) is 5.92 Å². The number of aromatic nitrogens is 2. The van der Waals surface area contributed by atoms with Crippen molar-refractivity contribution < 1.29 is 14.3 Å². The number of amides is 1. The Morgan fingerprint density at radius 2 is 2.27 bits per heavy atom. The number of nitrogen functional groups attached to an aromatic ring is 1. The van der Waals surface area contributed by atoms with Crippen LogP contribution in [-0.2, 0) is 4.79 Å². The number of aliphatic hydroxyl groups is 1. The highest BCUT2D eigenvalue weighted by atomic mass is 19.1. The minimum Gasteiger partial charge on any atom is -0.396 e. The van der Waals surface area contributed by atoms with Gasteiger partial charge in [-0.2, -0.15) is 0 Å². The topological polar surface area (TPSA) is 104 Å². The zero-order chi connectivity index (χ0) is 18.3. The highest BCUT2D eigenvalue weighted by Gasteiger charge is 2.43. The minimum absolute atomic E-state index is 0.140. The smallest absolute Gasteiger partial charge is 0.231 e. The van der Waals surface area contributed by atoms with Gasteiger partial charge in [-0.1, -0.05) is 0 Å². The number of halogens is 1. The molecule has 4 rings (SSSR count). The fourth-order valence-corrected chi connectivity index (χ4v) is 3.62. The Hall–Kier alpha value is -2.48. The monoisotopic (exact) mass is 359 g/mol. The molecule has 8 heteroatoms. The van der Waals surface area contributed by atoms with E-state index in [9.17, 15) is 14.3 Å². The average molecular weight is 359 g/mol. The van der Waals surface area contributed by atoms with Gasteiger partial charge in [0.1, 0.15) is 23.6 Å². The number of rotatable bonds is 5. The molecule has 1 aliphatic heterocycles.